The van der Waals surface area contributed by atoms with Gasteiger partial charge in [0, 0.05) is 0 Å². The van der Waals surface area contributed by atoms with Gasteiger partial charge in [-0.2, -0.15) is 0 Å². The lowest BCUT2D eigenvalue weighted by Crippen LogP contribution is -2.32. The number of ketones is 1. The number of hydrogen-bond donors (Lipinski definition) is 1. The Bertz CT molecular complexity index is 197. The lowest BCUT2D eigenvalue weighted by atomic mass is 10.2. The van der Waals surface area contributed by atoms with Gasteiger partial charge in [-0.3, -0.25) is 4.79 Å². The van der Waals surface area contributed by atoms with E-state index in [4.69, 9.17) is 0 Å². The van der Waals surface area contributed by atoms with E-state index in [0.717, 1.165) is 0 Å². The molecule has 0 aliphatic carbocycles. The Balaban J connectivity index is 2.56. The maximum atomic E-state index is 11.0. The molecule has 11 heavy (non-hydrogen) atoms. The van der Waals surface area contributed by atoms with Gasteiger partial charge in [0.05, 0.1) is 6.54 Å². The van der Waals surface area contributed by atoms with Gasteiger partial charge >= 0.3 is 6.03 Å². The summed E-state index contributed by atoms with van der Waals surface area (Å²) in [5.74, 6) is 0.0177. The number of Topliss-reactive ketones (excluding diaryl/α,β-unsaturated/α-hetero) is 1. The van der Waals surface area contributed by atoms with Crippen LogP contribution in [-0.4, -0.2) is 29.1 Å². The molecule has 1 aliphatic rings. The molecule has 1 saturated heterocycles. The van der Waals surface area contributed by atoms with Gasteiger partial charge in [-0.15, -0.1) is 0 Å². The molecular formula is C5H10N2O2P2. The first kappa shape index (κ1) is 8.89. The monoisotopic (exact) mass is 192 g/mol. The molecule has 3 atom stereocenters. The van der Waals surface area contributed by atoms with Crippen LogP contribution in [0.5, 0.6) is 0 Å². The third-order valence-corrected chi connectivity index (χ3v) is 3.19. The molecule has 0 radical (unpaired) electrons. The molecule has 4 nitrogen and oxygen atoms in total. The lowest BCUT2D eigenvalue weighted by Gasteiger charge is -2.08. The predicted octanol–water partition coefficient (Wildman–Crippen LogP) is 0.353. The van der Waals surface area contributed by atoms with Crippen LogP contribution >= 0.6 is 17.3 Å². The zero-order valence-electron chi connectivity index (χ0n) is 6.13. The second-order valence-electron chi connectivity index (χ2n) is 2.35. The zero-order chi connectivity index (χ0) is 8.43. The van der Waals surface area contributed by atoms with Crippen LogP contribution in [0.4, 0.5) is 4.79 Å². The highest BCUT2D eigenvalue weighted by Gasteiger charge is 2.30. The van der Waals surface area contributed by atoms with E-state index >= 15 is 0 Å². The SMILES string of the molecule is CC(=O)[C@@H]1CN(PP)C(=O)N1. The quantitative estimate of drug-likeness (QED) is 0.642. The van der Waals surface area contributed by atoms with Gasteiger partial charge < -0.3 is 9.99 Å². The highest BCUT2D eigenvalue weighted by molar-refractivity contribution is 8.01. The number of carbonyl (C=O) groups is 2. The van der Waals surface area contributed by atoms with Crippen LogP contribution in [-0.2, 0) is 4.79 Å². The van der Waals surface area contributed by atoms with E-state index < -0.39 is 0 Å². The Labute approximate surface area is 69.0 Å². The number of carbonyl (C=O) groups excluding carboxylic acids is 2. The Morgan fingerprint density at radius 1 is 1.91 bits per heavy atom. The number of nitrogens with one attached hydrogen (secondary N) is 1. The van der Waals surface area contributed by atoms with E-state index in [-0.39, 0.29) is 17.9 Å². The van der Waals surface area contributed by atoms with E-state index in [2.05, 4.69) is 14.2 Å². The largest absolute Gasteiger partial charge is 0.326 e. The van der Waals surface area contributed by atoms with Crippen molar-refractivity contribution in [2.24, 2.45) is 0 Å². The Hall–Kier alpha value is -0.200. The lowest BCUT2D eigenvalue weighted by molar-refractivity contribution is -0.118. The van der Waals surface area contributed by atoms with Gasteiger partial charge in [0.25, 0.3) is 0 Å². The summed E-state index contributed by atoms with van der Waals surface area (Å²) in [5.41, 5.74) is 0. The van der Waals surface area contributed by atoms with Crippen molar-refractivity contribution in [3.05, 3.63) is 0 Å². The number of nitrogens with zero attached hydrogens (tertiary/aromatic N) is 1. The van der Waals surface area contributed by atoms with Gasteiger partial charge in [0.1, 0.15) is 6.04 Å². The minimum absolute atomic E-state index is 0.0177. The van der Waals surface area contributed by atoms with Crippen molar-refractivity contribution >= 4 is 29.2 Å². The topological polar surface area (TPSA) is 49.4 Å². The number of urea groups is 1. The van der Waals surface area contributed by atoms with Crippen molar-refractivity contribution in [1.82, 2.24) is 9.99 Å². The molecule has 0 aromatic carbocycles. The average molecular weight is 192 g/mol. The molecule has 2 unspecified atom stereocenters. The first-order valence-electron chi connectivity index (χ1n) is 3.20. The minimum atomic E-state index is -0.296. The molecule has 1 rings (SSSR count). The molecule has 0 bridgehead atoms. The van der Waals surface area contributed by atoms with Crippen LogP contribution in [0.25, 0.3) is 0 Å². The Morgan fingerprint density at radius 2 is 2.55 bits per heavy atom. The van der Waals surface area contributed by atoms with Crippen LogP contribution < -0.4 is 5.32 Å². The second kappa shape index (κ2) is 3.46. The van der Waals surface area contributed by atoms with E-state index in [1.807, 2.05) is 0 Å². The molecule has 1 aliphatic heterocycles. The molecule has 0 aromatic rings. The Morgan fingerprint density at radius 3 is 2.82 bits per heavy atom. The van der Waals surface area contributed by atoms with Crippen molar-refractivity contribution in [2.75, 3.05) is 6.54 Å². The van der Waals surface area contributed by atoms with Gasteiger partial charge in [0.15, 0.2) is 5.78 Å². The number of rotatable bonds is 2. The van der Waals surface area contributed by atoms with Crippen LogP contribution in [0, 0.1) is 0 Å². The fraction of sp³-hybridized carbons (Fsp3) is 0.600. The van der Waals surface area contributed by atoms with Crippen molar-refractivity contribution in [1.29, 1.82) is 0 Å². The molecule has 0 saturated carbocycles. The molecule has 1 fully saturated rings. The fourth-order valence-corrected chi connectivity index (χ4v) is 2.02. The molecule has 1 N–H and O–H groups in total. The summed E-state index contributed by atoms with van der Waals surface area (Å²) < 4.78 is 1.61. The van der Waals surface area contributed by atoms with E-state index in [0.29, 0.717) is 15.0 Å². The molecule has 2 amide bonds. The third-order valence-electron chi connectivity index (χ3n) is 1.55. The van der Waals surface area contributed by atoms with Crippen molar-refractivity contribution in [3.8, 4) is 0 Å². The van der Waals surface area contributed by atoms with E-state index in [1.54, 1.807) is 4.67 Å². The first-order valence-corrected chi connectivity index (χ1v) is 5.95. The van der Waals surface area contributed by atoms with Crippen molar-refractivity contribution < 1.29 is 9.59 Å². The van der Waals surface area contributed by atoms with Crippen LogP contribution in [0.3, 0.4) is 0 Å². The molecular weight excluding hydrogens is 182 g/mol. The molecule has 62 valence electrons. The highest BCUT2D eigenvalue weighted by Crippen LogP contribution is 2.29. The second-order valence-corrected chi connectivity index (χ2v) is 3.93. The average Bonchev–Trinajstić information content (AvgIpc) is 2.31. The van der Waals surface area contributed by atoms with Gasteiger partial charge in [-0.1, -0.05) is 8.93 Å². The molecule has 6 heteroatoms. The summed E-state index contributed by atoms with van der Waals surface area (Å²) in [6, 6.07) is -0.436. The molecule has 0 aromatic heterocycles. The van der Waals surface area contributed by atoms with E-state index in [1.165, 1.54) is 6.92 Å². The van der Waals surface area contributed by atoms with Crippen LogP contribution in [0.15, 0.2) is 0 Å². The summed E-state index contributed by atoms with van der Waals surface area (Å²) in [6.07, 6.45) is 0. The minimum Gasteiger partial charge on any atom is -0.326 e. The van der Waals surface area contributed by atoms with Crippen molar-refractivity contribution in [3.63, 3.8) is 0 Å². The number of amides is 2. The smallest absolute Gasteiger partial charge is 0.321 e. The van der Waals surface area contributed by atoms with Gasteiger partial charge in [-0.25, -0.2) is 4.79 Å². The molecule has 1 heterocycles. The summed E-state index contributed by atoms with van der Waals surface area (Å²) >= 11 is 0. The summed E-state index contributed by atoms with van der Waals surface area (Å²) in [5, 5.41) is 2.59. The maximum Gasteiger partial charge on any atom is 0.321 e. The Kier molecular flexibility index (Phi) is 2.80. The normalized spacial score (nSPS) is 24.7. The predicted molar refractivity (Wildman–Crippen MR) is 47.7 cm³/mol. The fourth-order valence-electron chi connectivity index (χ4n) is 0.880. The third kappa shape index (κ3) is 1.88. The van der Waals surface area contributed by atoms with E-state index in [9.17, 15) is 9.59 Å². The number of hydrogen-bond acceptors (Lipinski definition) is 2. The van der Waals surface area contributed by atoms with Gasteiger partial charge in [-0.05, 0) is 15.3 Å². The molecule has 0 spiro atoms. The standard InChI is InChI=1S/C5H10N2O2P2/c1-3(8)4-2-7(11-10)5(9)6-4/h4,11H,2,10H2,1H3,(H,6,9)/t4-/m0/s1. The maximum absolute atomic E-state index is 11.0. The van der Waals surface area contributed by atoms with Gasteiger partial charge in [0.2, 0.25) is 0 Å². The summed E-state index contributed by atoms with van der Waals surface area (Å²) in [6.45, 7) is 2.00. The van der Waals surface area contributed by atoms with Crippen molar-refractivity contribution in [2.45, 2.75) is 13.0 Å². The first-order chi connectivity index (χ1) is 5.15. The zero-order valence-corrected chi connectivity index (χ0v) is 8.28. The van der Waals surface area contributed by atoms with Crippen LogP contribution in [0.1, 0.15) is 6.92 Å². The van der Waals surface area contributed by atoms with Crippen LogP contribution in [0.2, 0.25) is 0 Å². The summed E-state index contributed by atoms with van der Waals surface area (Å²) in [7, 11) is 2.83. The summed E-state index contributed by atoms with van der Waals surface area (Å²) in [4.78, 5) is 21.8. The highest BCUT2D eigenvalue weighted by atomic mass is 32.0.